The van der Waals surface area contributed by atoms with Crippen molar-refractivity contribution in [3.05, 3.63) is 147 Å². The lowest BCUT2D eigenvalue weighted by molar-refractivity contribution is 0.464. The second kappa shape index (κ2) is 11.3. The van der Waals surface area contributed by atoms with Gasteiger partial charge in [0.05, 0.1) is 0 Å². The van der Waals surface area contributed by atoms with Gasteiger partial charge in [0.25, 0.3) is 0 Å². The number of hydrogen-bond acceptors (Lipinski definition) is 3. The van der Waals surface area contributed by atoms with Crippen LogP contribution in [0.15, 0.2) is 97.1 Å². The van der Waals surface area contributed by atoms with E-state index >= 15 is 0 Å². The van der Waals surface area contributed by atoms with Crippen molar-refractivity contribution < 1.29 is 10.2 Å². The van der Waals surface area contributed by atoms with Crippen molar-refractivity contribution in [2.75, 3.05) is 4.90 Å². The van der Waals surface area contributed by atoms with Crippen molar-refractivity contribution in [3.63, 3.8) is 0 Å². The Hall–Kier alpha value is -4.50. The highest BCUT2D eigenvalue weighted by Gasteiger charge is 2.14. The Morgan fingerprint density at radius 3 is 1.18 bits per heavy atom. The second-order valence-corrected chi connectivity index (χ2v) is 11.0. The molecule has 0 spiro atoms. The third kappa shape index (κ3) is 5.89. The lowest BCUT2D eigenvalue weighted by atomic mass is 9.98. The van der Waals surface area contributed by atoms with Crippen LogP contribution in [0.5, 0.6) is 11.5 Å². The van der Waals surface area contributed by atoms with E-state index < -0.39 is 0 Å². The minimum Gasteiger partial charge on any atom is -0.507 e. The van der Waals surface area contributed by atoms with E-state index in [-0.39, 0.29) is 0 Å². The normalized spacial score (nSPS) is 11.0. The molecule has 0 saturated carbocycles. The van der Waals surface area contributed by atoms with Crippen LogP contribution in [0.25, 0.3) is 0 Å². The summed E-state index contributed by atoms with van der Waals surface area (Å²) in [4.78, 5) is 2.26. The van der Waals surface area contributed by atoms with E-state index in [1.54, 1.807) is 0 Å². The van der Waals surface area contributed by atoms with E-state index in [1.807, 2.05) is 26.0 Å². The van der Waals surface area contributed by atoms with E-state index in [4.69, 9.17) is 0 Å². The molecule has 0 radical (unpaired) electrons. The highest BCUT2D eigenvalue weighted by atomic mass is 16.3. The van der Waals surface area contributed by atoms with Gasteiger partial charge < -0.3 is 15.1 Å². The number of nitrogens with zero attached hydrogens (tertiary/aromatic N) is 1. The molecule has 5 aromatic rings. The minimum atomic E-state index is 0.380. The van der Waals surface area contributed by atoms with Crippen molar-refractivity contribution in [1.29, 1.82) is 0 Å². The van der Waals surface area contributed by atoms with E-state index in [2.05, 4.69) is 111 Å². The molecule has 0 unspecified atom stereocenters. The van der Waals surface area contributed by atoms with Crippen LogP contribution in [0.1, 0.15) is 50.1 Å². The van der Waals surface area contributed by atoms with Crippen LogP contribution in [0.2, 0.25) is 0 Å². The van der Waals surface area contributed by atoms with Crippen LogP contribution in [0.4, 0.5) is 17.1 Å². The quantitative estimate of drug-likeness (QED) is 0.222. The first kappa shape index (κ1) is 27.1. The standard InChI is InChI=1S/C37H37NO2/c1-24-6-12-33(13-7-24)38(34-14-8-29(9-15-34)22-31-20-25(2)18-27(4)36(31)39)35-16-10-30(11-17-35)23-32-21-26(3)19-28(5)37(32)40/h6-21,39-40H,22-23H2,1-5H3. The lowest BCUT2D eigenvalue weighted by Crippen LogP contribution is -2.10. The van der Waals surface area contributed by atoms with Gasteiger partial charge in [0.15, 0.2) is 0 Å². The Morgan fingerprint density at radius 2 is 0.800 bits per heavy atom. The fourth-order valence-corrected chi connectivity index (χ4v) is 5.47. The van der Waals surface area contributed by atoms with Gasteiger partial charge in [-0.25, -0.2) is 0 Å². The number of anilines is 3. The van der Waals surface area contributed by atoms with E-state index in [0.29, 0.717) is 24.3 Å². The van der Waals surface area contributed by atoms with Crippen molar-refractivity contribution in [2.24, 2.45) is 0 Å². The summed E-state index contributed by atoms with van der Waals surface area (Å²) in [7, 11) is 0. The van der Waals surface area contributed by atoms with Gasteiger partial charge in [0.2, 0.25) is 0 Å². The Bertz CT molecular complexity index is 1530. The zero-order chi connectivity index (χ0) is 28.4. The molecule has 0 atom stereocenters. The SMILES string of the molecule is Cc1ccc(N(c2ccc(Cc3cc(C)cc(C)c3O)cc2)c2ccc(Cc3cc(C)cc(C)c3O)cc2)cc1. The molecule has 0 aliphatic carbocycles. The van der Waals surface area contributed by atoms with Gasteiger partial charge in [0, 0.05) is 29.9 Å². The number of benzene rings is 5. The summed E-state index contributed by atoms with van der Waals surface area (Å²) in [5.41, 5.74) is 12.8. The second-order valence-electron chi connectivity index (χ2n) is 11.0. The molecule has 2 N–H and O–H groups in total. The Kier molecular flexibility index (Phi) is 7.66. The number of rotatable bonds is 7. The van der Waals surface area contributed by atoms with Gasteiger partial charge in [0.1, 0.15) is 11.5 Å². The first-order valence-corrected chi connectivity index (χ1v) is 13.8. The molecule has 0 fully saturated rings. The van der Waals surface area contributed by atoms with Crippen LogP contribution in [-0.4, -0.2) is 10.2 Å². The summed E-state index contributed by atoms with van der Waals surface area (Å²) < 4.78 is 0. The number of phenolic OH excluding ortho intramolecular Hbond substituents is 2. The highest BCUT2D eigenvalue weighted by molar-refractivity contribution is 5.76. The summed E-state index contributed by atoms with van der Waals surface area (Å²) in [5, 5.41) is 21.2. The fourth-order valence-electron chi connectivity index (χ4n) is 5.47. The Balaban J connectivity index is 1.45. The summed E-state index contributed by atoms with van der Waals surface area (Å²) in [5.74, 6) is 0.760. The predicted molar refractivity (Wildman–Crippen MR) is 167 cm³/mol. The minimum absolute atomic E-state index is 0.380. The summed E-state index contributed by atoms with van der Waals surface area (Å²) in [6, 6.07) is 33.9. The molecule has 0 saturated heterocycles. The third-order valence-corrected chi connectivity index (χ3v) is 7.52. The molecule has 0 amide bonds. The van der Waals surface area contributed by atoms with Gasteiger partial charge >= 0.3 is 0 Å². The molecular formula is C37H37NO2. The molecule has 40 heavy (non-hydrogen) atoms. The molecule has 0 aliphatic heterocycles. The summed E-state index contributed by atoms with van der Waals surface area (Å²) >= 11 is 0. The molecule has 3 heteroatoms. The van der Waals surface area contributed by atoms with Crippen molar-refractivity contribution in [3.8, 4) is 11.5 Å². The van der Waals surface area contributed by atoms with Crippen LogP contribution in [0, 0.1) is 34.6 Å². The third-order valence-electron chi connectivity index (χ3n) is 7.52. The number of aryl methyl sites for hydroxylation is 5. The Morgan fingerprint density at radius 1 is 0.450 bits per heavy atom. The van der Waals surface area contributed by atoms with Gasteiger partial charge in [-0.05, 0) is 104 Å². The Labute approximate surface area is 238 Å². The molecule has 3 nitrogen and oxygen atoms in total. The lowest BCUT2D eigenvalue weighted by Gasteiger charge is -2.26. The first-order chi connectivity index (χ1) is 19.2. The van der Waals surface area contributed by atoms with Crippen LogP contribution >= 0.6 is 0 Å². The average molecular weight is 528 g/mol. The maximum Gasteiger partial charge on any atom is 0.122 e. The molecule has 5 aromatic carbocycles. The van der Waals surface area contributed by atoms with Gasteiger partial charge in [-0.3, -0.25) is 0 Å². The van der Waals surface area contributed by atoms with Gasteiger partial charge in [-0.2, -0.15) is 0 Å². The van der Waals surface area contributed by atoms with E-state index in [0.717, 1.165) is 61.6 Å². The molecule has 0 aliphatic rings. The zero-order valence-corrected chi connectivity index (χ0v) is 24.0. The summed E-state index contributed by atoms with van der Waals surface area (Å²) in [6.07, 6.45) is 1.36. The molecular weight excluding hydrogens is 490 g/mol. The predicted octanol–water partition coefficient (Wildman–Crippen LogP) is 9.29. The van der Waals surface area contributed by atoms with Crippen molar-refractivity contribution in [2.45, 2.75) is 47.5 Å². The molecule has 0 bridgehead atoms. The average Bonchev–Trinajstić information content (AvgIpc) is 2.93. The smallest absolute Gasteiger partial charge is 0.122 e. The molecule has 202 valence electrons. The van der Waals surface area contributed by atoms with Crippen molar-refractivity contribution in [1.82, 2.24) is 0 Å². The molecule has 5 rings (SSSR count). The van der Waals surface area contributed by atoms with Crippen LogP contribution in [0.3, 0.4) is 0 Å². The van der Waals surface area contributed by atoms with E-state index in [1.165, 1.54) is 5.56 Å². The monoisotopic (exact) mass is 527 g/mol. The fraction of sp³-hybridized carbons (Fsp3) is 0.189. The largest absolute Gasteiger partial charge is 0.507 e. The topological polar surface area (TPSA) is 43.7 Å². The number of phenols is 2. The maximum atomic E-state index is 10.6. The van der Waals surface area contributed by atoms with Crippen LogP contribution in [-0.2, 0) is 12.8 Å². The number of aromatic hydroxyl groups is 2. The zero-order valence-electron chi connectivity index (χ0n) is 24.0. The summed E-state index contributed by atoms with van der Waals surface area (Å²) in [6.45, 7) is 10.1. The first-order valence-electron chi connectivity index (χ1n) is 13.8. The molecule has 0 aromatic heterocycles. The molecule has 0 heterocycles. The van der Waals surface area contributed by atoms with Crippen LogP contribution < -0.4 is 4.90 Å². The van der Waals surface area contributed by atoms with E-state index in [9.17, 15) is 10.2 Å². The van der Waals surface area contributed by atoms with Gasteiger partial charge in [-0.15, -0.1) is 0 Å². The number of hydrogen-bond donors (Lipinski definition) is 2. The maximum absolute atomic E-state index is 10.6. The van der Waals surface area contributed by atoms with Crippen molar-refractivity contribution >= 4 is 17.1 Å². The van der Waals surface area contributed by atoms with Gasteiger partial charge in [-0.1, -0.05) is 77.4 Å². The highest BCUT2D eigenvalue weighted by Crippen LogP contribution is 2.36.